The lowest BCUT2D eigenvalue weighted by Gasteiger charge is -2.36. The van der Waals surface area contributed by atoms with Gasteiger partial charge in [0, 0.05) is 47.4 Å². The molecule has 0 bridgehead atoms. The summed E-state index contributed by atoms with van der Waals surface area (Å²) in [6, 6.07) is 6.89. The van der Waals surface area contributed by atoms with Crippen LogP contribution in [-0.4, -0.2) is 65.6 Å². The fraction of sp³-hybridized carbons (Fsp3) is 0.543. The smallest absolute Gasteiger partial charge is 0.460 e. The topological polar surface area (TPSA) is 164 Å². The number of alkyl carbamates (subject to hydrolysis) is 1. The summed E-state index contributed by atoms with van der Waals surface area (Å²) in [6.45, 7) is 15.1. The zero-order valence-corrected chi connectivity index (χ0v) is 28.9. The van der Waals surface area contributed by atoms with Crippen LogP contribution in [0.1, 0.15) is 65.1 Å². The Bertz CT molecular complexity index is 1670. The first kappa shape index (κ1) is 36.9. The summed E-state index contributed by atoms with van der Waals surface area (Å²) in [4.78, 5) is 50.5. The van der Waals surface area contributed by atoms with E-state index >= 15 is 0 Å². The van der Waals surface area contributed by atoms with Crippen molar-refractivity contribution in [1.29, 1.82) is 0 Å². The van der Waals surface area contributed by atoms with Crippen molar-refractivity contribution in [2.75, 3.05) is 31.1 Å². The minimum Gasteiger partial charge on any atom is -0.460 e. The van der Waals surface area contributed by atoms with Crippen molar-refractivity contribution in [1.82, 2.24) is 20.3 Å². The van der Waals surface area contributed by atoms with Crippen LogP contribution in [0.3, 0.4) is 0 Å². The summed E-state index contributed by atoms with van der Waals surface area (Å²) in [6.07, 6.45) is 3.06. The summed E-state index contributed by atoms with van der Waals surface area (Å²) >= 11 is 0. The molecule has 49 heavy (non-hydrogen) atoms. The van der Waals surface area contributed by atoms with Crippen LogP contribution < -0.4 is 15.8 Å². The molecule has 2 heterocycles. The van der Waals surface area contributed by atoms with Gasteiger partial charge in [0.2, 0.25) is 0 Å². The number of fused-ring (bicyclic) bond motifs is 1. The lowest BCUT2D eigenvalue weighted by atomic mass is 9.75. The van der Waals surface area contributed by atoms with Crippen molar-refractivity contribution in [3.63, 3.8) is 0 Å². The van der Waals surface area contributed by atoms with Crippen LogP contribution in [0.2, 0.25) is 0 Å². The SMILES string of the molecule is C=C(C)C(=O)OCCNC(=O)OCc1cn(CCN(CC)c2ccc3c(COC(=O)OC4CC(C)CCC4C(C)C)cc(=O)oc3c2)nn1. The molecule has 1 amide bonds. The summed E-state index contributed by atoms with van der Waals surface area (Å²) in [5.74, 6) is 0.656. The summed E-state index contributed by atoms with van der Waals surface area (Å²) < 4.78 is 28.5. The molecule has 14 heteroatoms. The number of amides is 1. The highest BCUT2D eigenvalue weighted by Gasteiger charge is 2.34. The van der Waals surface area contributed by atoms with Crippen molar-refractivity contribution < 1.29 is 37.7 Å². The molecule has 1 aliphatic carbocycles. The van der Waals surface area contributed by atoms with E-state index in [0.717, 1.165) is 24.9 Å². The van der Waals surface area contributed by atoms with Gasteiger partial charge < -0.3 is 33.6 Å². The average molecular weight is 682 g/mol. The number of benzene rings is 1. The number of esters is 1. The Morgan fingerprint density at radius 2 is 1.94 bits per heavy atom. The maximum Gasteiger partial charge on any atom is 0.508 e. The van der Waals surface area contributed by atoms with E-state index in [1.54, 1.807) is 16.9 Å². The van der Waals surface area contributed by atoms with Gasteiger partial charge in [-0.25, -0.2) is 19.2 Å². The molecule has 0 saturated heterocycles. The molecule has 1 aromatic carbocycles. The normalized spacial score (nSPS) is 17.4. The molecule has 14 nitrogen and oxygen atoms in total. The number of anilines is 1. The second-order valence-electron chi connectivity index (χ2n) is 12.8. The van der Waals surface area contributed by atoms with E-state index < -0.39 is 23.8 Å². The van der Waals surface area contributed by atoms with Gasteiger partial charge in [-0.15, -0.1) is 5.10 Å². The zero-order valence-electron chi connectivity index (χ0n) is 28.9. The lowest BCUT2D eigenvalue weighted by Crippen LogP contribution is -2.36. The number of ether oxygens (including phenoxy) is 4. The first-order chi connectivity index (χ1) is 23.4. The van der Waals surface area contributed by atoms with E-state index in [4.69, 9.17) is 23.4 Å². The molecule has 1 aliphatic rings. The molecule has 2 aromatic heterocycles. The first-order valence-corrected chi connectivity index (χ1v) is 16.7. The van der Waals surface area contributed by atoms with E-state index in [2.05, 4.69) is 47.9 Å². The molecule has 1 N–H and O–H groups in total. The van der Waals surface area contributed by atoms with Crippen LogP contribution in [-0.2, 0) is 43.5 Å². The van der Waals surface area contributed by atoms with Crippen molar-refractivity contribution in [2.24, 2.45) is 17.8 Å². The molecular weight excluding hydrogens is 634 g/mol. The van der Waals surface area contributed by atoms with E-state index in [-0.39, 0.29) is 38.0 Å². The number of likely N-dealkylation sites (N-methyl/N-ethyl adjacent to an activating group) is 1. The monoisotopic (exact) mass is 681 g/mol. The van der Waals surface area contributed by atoms with Crippen LogP contribution in [0.4, 0.5) is 15.3 Å². The Kier molecular flexibility index (Phi) is 13.2. The maximum absolute atomic E-state index is 12.7. The van der Waals surface area contributed by atoms with Gasteiger partial charge in [0.25, 0.3) is 0 Å². The molecule has 0 spiro atoms. The van der Waals surface area contributed by atoms with Crippen LogP contribution in [0.25, 0.3) is 11.0 Å². The van der Waals surface area contributed by atoms with Gasteiger partial charge in [-0.2, -0.15) is 0 Å². The molecule has 1 fully saturated rings. The highest BCUT2D eigenvalue weighted by Crippen LogP contribution is 2.35. The van der Waals surface area contributed by atoms with Gasteiger partial charge in [-0.3, -0.25) is 4.68 Å². The number of hydrogen-bond donors (Lipinski definition) is 1. The van der Waals surface area contributed by atoms with Gasteiger partial charge in [0.15, 0.2) is 0 Å². The van der Waals surface area contributed by atoms with E-state index in [1.807, 2.05) is 19.1 Å². The molecule has 3 unspecified atom stereocenters. The molecule has 0 aliphatic heterocycles. The summed E-state index contributed by atoms with van der Waals surface area (Å²) in [5.41, 5.74) is 1.94. The first-order valence-electron chi connectivity index (χ1n) is 16.7. The fourth-order valence-corrected chi connectivity index (χ4v) is 5.90. The van der Waals surface area contributed by atoms with Crippen molar-refractivity contribution in [3.8, 4) is 0 Å². The Labute approximate surface area is 285 Å². The number of rotatable bonds is 15. The quantitative estimate of drug-likeness (QED) is 0.0718. The van der Waals surface area contributed by atoms with Crippen molar-refractivity contribution in [3.05, 3.63) is 64.3 Å². The number of carbonyl (C=O) groups is 3. The highest BCUT2D eigenvalue weighted by molar-refractivity contribution is 5.87. The lowest BCUT2D eigenvalue weighted by molar-refractivity contribution is -0.138. The van der Waals surface area contributed by atoms with Gasteiger partial charge in [-0.1, -0.05) is 39.0 Å². The molecular formula is C35H47N5O9. The average Bonchev–Trinajstić information content (AvgIpc) is 3.52. The van der Waals surface area contributed by atoms with Crippen molar-refractivity contribution >= 4 is 34.9 Å². The maximum atomic E-state index is 12.7. The van der Waals surface area contributed by atoms with E-state index in [0.29, 0.717) is 59.6 Å². The van der Waals surface area contributed by atoms with Crippen LogP contribution in [0, 0.1) is 17.8 Å². The second kappa shape index (κ2) is 17.5. The zero-order chi connectivity index (χ0) is 35.5. The molecule has 4 rings (SSSR count). The van der Waals surface area contributed by atoms with E-state index in [1.165, 1.54) is 13.0 Å². The fourth-order valence-electron chi connectivity index (χ4n) is 5.90. The van der Waals surface area contributed by atoms with Crippen LogP contribution >= 0.6 is 0 Å². The summed E-state index contributed by atoms with van der Waals surface area (Å²) in [7, 11) is 0. The van der Waals surface area contributed by atoms with E-state index in [9.17, 15) is 19.2 Å². The molecule has 1 saturated carbocycles. The number of carbonyl (C=O) groups excluding carboxylic acids is 3. The van der Waals surface area contributed by atoms with Gasteiger partial charge in [-0.05, 0) is 56.6 Å². The Hall–Kier alpha value is -4.88. The second-order valence-corrected chi connectivity index (χ2v) is 12.8. The van der Waals surface area contributed by atoms with Crippen LogP contribution in [0.15, 0.2) is 51.8 Å². The highest BCUT2D eigenvalue weighted by atomic mass is 16.7. The number of nitrogens with one attached hydrogen (secondary N) is 1. The van der Waals surface area contributed by atoms with Gasteiger partial charge in [0.1, 0.15) is 37.2 Å². The predicted molar refractivity (Wildman–Crippen MR) is 181 cm³/mol. The standard InChI is InChI=1S/C35H47N5O9/c1-7-39(13-14-40-19-26(37-38-40)21-46-34(43)36-12-15-45-33(42)23(4)5)27-9-11-29-25(17-32(41)48-31(29)18-27)20-47-35(44)49-30-16-24(6)8-10-28(30)22(2)3/h9,11,17-19,22,24,28,30H,4,7-8,10,12-16,20-21H2,1-3,5-6H3,(H,36,43). The minimum absolute atomic E-state index is 0.000891. The number of aromatic nitrogens is 3. The molecule has 266 valence electrons. The number of hydrogen-bond acceptors (Lipinski definition) is 12. The Morgan fingerprint density at radius 1 is 1.14 bits per heavy atom. The minimum atomic E-state index is -0.732. The third kappa shape index (κ3) is 10.8. The van der Waals surface area contributed by atoms with Gasteiger partial charge >= 0.3 is 23.8 Å². The predicted octanol–water partition coefficient (Wildman–Crippen LogP) is 5.37. The third-order valence-corrected chi connectivity index (χ3v) is 8.60. The van der Waals surface area contributed by atoms with Crippen molar-refractivity contribution in [2.45, 2.75) is 79.7 Å². The van der Waals surface area contributed by atoms with Crippen LogP contribution in [0.5, 0.6) is 0 Å². The largest absolute Gasteiger partial charge is 0.508 e. The Morgan fingerprint density at radius 3 is 2.67 bits per heavy atom. The molecule has 3 atom stereocenters. The summed E-state index contributed by atoms with van der Waals surface area (Å²) in [5, 5.41) is 11.3. The molecule has 0 radical (unpaired) electrons. The Balaban J connectivity index is 1.29. The van der Waals surface area contributed by atoms with Gasteiger partial charge in [0.05, 0.1) is 19.3 Å². The number of nitrogens with zero attached hydrogens (tertiary/aromatic N) is 4. The third-order valence-electron chi connectivity index (χ3n) is 8.60. The molecule has 3 aromatic rings.